The van der Waals surface area contributed by atoms with Gasteiger partial charge in [0.1, 0.15) is 5.82 Å². The fourth-order valence-corrected chi connectivity index (χ4v) is 5.27. The molecule has 1 fully saturated rings. The summed E-state index contributed by atoms with van der Waals surface area (Å²) in [5.74, 6) is -0.481. The van der Waals surface area contributed by atoms with Gasteiger partial charge < -0.3 is 15.5 Å². The van der Waals surface area contributed by atoms with Gasteiger partial charge in [-0.1, -0.05) is 11.6 Å². The Morgan fingerprint density at radius 2 is 1.86 bits per heavy atom. The molecule has 1 aliphatic rings. The summed E-state index contributed by atoms with van der Waals surface area (Å²) in [6.07, 6.45) is -0.382. The van der Waals surface area contributed by atoms with Crippen molar-refractivity contribution >= 4 is 61.3 Å². The van der Waals surface area contributed by atoms with Crippen molar-refractivity contribution in [2.75, 3.05) is 16.6 Å². The predicted octanol–water partition coefficient (Wildman–Crippen LogP) is 3.84. The number of aliphatic hydroxyl groups excluding tert-OH is 2. The Morgan fingerprint density at radius 3 is 2.46 bits per heavy atom. The third kappa shape index (κ3) is 4.70. The van der Waals surface area contributed by atoms with Crippen molar-refractivity contribution in [2.45, 2.75) is 30.1 Å². The first-order valence-electron chi connectivity index (χ1n) is 8.49. The Morgan fingerprint density at radius 1 is 1.18 bits per heavy atom. The second-order valence-corrected chi connectivity index (χ2v) is 10.5. The number of nitrogens with one attached hydrogen (secondary N) is 2. The highest BCUT2D eigenvalue weighted by Gasteiger charge is 2.55. The second-order valence-electron chi connectivity index (χ2n) is 6.77. The lowest BCUT2D eigenvalue weighted by atomic mass is 10.2. The topological polar surface area (TPSA) is 98.7 Å². The van der Waals surface area contributed by atoms with Crippen molar-refractivity contribution in [1.29, 1.82) is 0 Å². The number of sulfonamides is 1. The molecule has 3 rings (SSSR count). The van der Waals surface area contributed by atoms with E-state index in [2.05, 4.69) is 10.0 Å². The normalized spacial score (nSPS) is 16.5. The van der Waals surface area contributed by atoms with Gasteiger partial charge in [0.05, 0.1) is 34.5 Å². The highest BCUT2D eigenvalue weighted by atomic mass is 127. The largest absolute Gasteiger partial charge is 0.394 e. The smallest absolute Gasteiger partial charge is 0.238 e. The van der Waals surface area contributed by atoms with E-state index in [9.17, 15) is 17.9 Å². The van der Waals surface area contributed by atoms with Crippen LogP contribution in [-0.2, 0) is 10.0 Å². The Hall–Kier alpha value is -1.14. The number of hydrogen-bond acceptors (Lipinski definition) is 5. The standard InChI is InChI=1S/C18H19ClFIN2O4S/c19-11-1-3-16(17(7-11)22-15-4-2-12(21)8-14(15)20)23-28(26,27)18(5-6-18)9-13(25)10-24/h1-4,7-8,13,22-25H,5-6,9-10H2. The van der Waals surface area contributed by atoms with Crippen LogP contribution in [0.1, 0.15) is 19.3 Å². The van der Waals surface area contributed by atoms with Gasteiger partial charge in [0.2, 0.25) is 10.0 Å². The zero-order valence-corrected chi connectivity index (χ0v) is 18.4. The predicted molar refractivity (Wildman–Crippen MR) is 116 cm³/mol. The van der Waals surface area contributed by atoms with Crippen LogP contribution in [0, 0.1) is 9.39 Å². The minimum atomic E-state index is -3.85. The molecule has 1 atom stereocenters. The van der Waals surface area contributed by atoms with Gasteiger partial charge in [-0.25, -0.2) is 12.8 Å². The van der Waals surface area contributed by atoms with E-state index in [-0.39, 0.29) is 17.8 Å². The first kappa shape index (κ1) is 21.6. The molecule has 0 aliphatic heterocycles. The van der Waals surface area contributed by atoms with E-state index >= 15 is 0 Å². The molecular weight excluding hydrogens is 522 g/mol. The van der Waals surface area contributed by atoms with Crippen LogP contribution in [0.15, 0.2) is 36.4 Å². The SMILES string of the molecule is O=S(=O)(Nc1ccc(Cl)cc1Nc1ccc(I)cc1F)C1(CC(O)CO)CC1. The third-order valence-electron chi connectivity index (χ3n) is 4.62. The lowest BCUT2D eigenvalue weighted by Crippen LogP contribution is -2.34. The molecule has 4 N–H and O–H groups in total. The van der Waals surface area contributed by atoms with Gasteiger partial charge in [-0.3, -0.25) is 4.72 Å². The average Bonchev–Trinajstić information content (AvgIpc) is 3.41. The summed E-state index contributed by atoms with van der Waals surface area (Å²) in [4.78, 5) is 0. The summed E-state index contributed by atoms with van der Waals surface area (Å²) in [5.41, 5.74) is 0.696. The van der Waals surface area contributed by atoms with E-state index in [1.807, 2.05) is 22.6 Å². The summed E-state index contributed by atoms with van der Waals surface area (Å²) in [7, 11) is -3.85. The molecule has 0 saturated heterocycles. The summed E-state index contributed by atoms with van der Waals surface area (Å²) in [6.45, 7) is -0.503. The zero-order valence-electron chi connectivity index (χ0n) is 14.6. The lowest BCUT2D eigenvalue weighted by Gasteiger charge is -2.21. The molecule has 152 valence electrons. The summed E-state index contributed by atoms with van der Waals surface area (Å²) >= 11 is 8.03. The quantitative estimate of drug-likeness (QED) is 0.382. The van der Waals surface area contributed by atoms with Gasteiger partial charge in [-0.05, 0) is 78.3 Å². The minimum absolute atomic E-state index is 0.0546. The first-order valence-corrected chi connectivity index (χ1v) is 11.4. The first-order chi connectivity index (χ1) is 13.2. The summed E-state index contributed by atoms with van der Waals surface area (Å²) in [6, 6.07) is 9.14. The van der Waals surface area contributed by atoms with Crippen molar-refractivity contribution in [3.8, 4) is 0 Å². The molecule has 0 heterocycles. The molecule has 0 bridgehead atoms. The van der Waals surface area contributed by atoms with E-state index in [1.54, 1.807) is 12.1 Å². The average molecular weight is 541 g/mol. The minimum Gasteiger partial charge on any atom is -0.394 e. The maximum atomic E-state index is 14.2. The molecule has 2 aromatic carbocycles. The second kappa shape index (κ2) is 8.31. The molecule has 0 amide bonds. The van der Waals surface area contributed by atoms with Gasteiger partial charge in [-0.2, -0.15) is 0 Å². The van der Waals surface area contributed by atoms with Crippen molar-refractivity contribution in [2.24, 2.45) is 0 Å². The van der Waals surface area contributed by atoms with Crippen molar-refractivity contribution in [3.63, 3.8) is 0 Å². The van der Waals surface area contributed by atoms with Crippen LogP contribution in [0.4, 0.5) is 21.5 Å². The van der Waals surface area contributed by atoms with Crippen LogP contribution in [0.5, 0.6) is 0 Å². The molecule has 0 aromatic heterocycles. The van der Waals surface area contributed by atoms with Crippen LogP contribution in [0.3, 0.4) is 0 Å². The number of halogens is 3. The summed E-state index contributed by atoms with van der Waals surface area (Å²) in [5, 5.41) is 22.0. The van der Waals surface area contributed by atoms with Crippen LogP contribution in [0.25, 0.3) is 0 Å². The van der Waals surface area contributed by atoms with Crippen LogP contribution in [-0.4, -0.2) is 36.1 Å². The van der Waals surface area contributed by atoms with Gasteiger partial charge >= 0.3 is 0 Å². The fourth-order valence-electron chi connectivity index (χ4n) is 2.91. The molecular formula is C18H19ClFIN2O4S. The number of aliphatic hydroxyl groups is 2. The molecule has 1 unspecified atom stereocenters. The molecule has 1 saturated carbocycles. The molecule has 0 spiro atoms. The van der Waals surface area contributed by atoms with Gasteiger partial charge in [0.15, 0.2) is 0 Å². The maximum Gasteiger partial charge on any atom is 0.238 e. The van der Waals surface area contributed by atoms with Gasteiger partial charge in [0.25, 0.3) is 0 Å². The van der Waals surface area contributed by atoms with Crippen molar-refractivity contribution in [3.05, 3.63) is 50.8 Å². The Balaban J connectivity index is 1.89. The molecule has 2 aromatic rings. The van der Waals surface area contributed by atoms with Crippen LogP contribution in [0.2, 0.25) is 5.02 Å². The molecule has 0 radical (unpaired) electrons. The Labute approximate surface area is 181 Å². The third-order valence-corrected chi connectivity index (χ3v) is 7.73. The van der Waals surface area contributed by atoms with E-state index in [0.29, 0.717) is 23.6 Å². The van der Waals surface area contributed by atoms with Gasteiger partial charge in [-0.15, -0.1) is 0 Å². The monoisotopic (exact) mass is 540 g/mol. The highest BCUT2D eigenvalue weighted by molar-refractivity contribution is 14.1. The number of benzene rings is 2. The lowest BCUT2D eigenvalue weighted by molar-refractivity contribution is 0.0858. The summed E-state index contributed by atoms with van der Waals surface area (Å²) < 4.78 is 42.1. The van der Waals surface area contributed by atoms with E-state index < -0.39 is 33.3 Å². The molecule has 1 aliphatic carbocycles. The highest BCUT2D eigenvalue weighted by Crippen LogP contribution is 2.48. The van der Waals surface area contributed by atoms with Gasteiger partial charge in [0, 0.05) is 8.59 Å². The van der Waals surface area contributed by atoms with E-state index in [4.69, 9.17) is 16.7 Å². The number of rotatable bonds is 8. The number of hydrogen-bond donors (Lipinski definition) is 4. The Bertz CT molecular complexity index is 986. The van der Waals surface area contributed by atoms with Crippen molar-refractivity contribution < 1.29 is 23.0 Å². The van der Waals surface area contributed by atoms with Crippen LogP contribution < -0.4 is 10.0 Å². The van der Waals surface area contributed by atoms with E-state index in [1.165, 1.54) is 24.3 Å². The zero-order chi connectivity index (χ0) is 20.5. The molecule has 10 heteroatoms. The Kier molecular flexibility index (Phi) is 6.40. The van der Waals surface area contributed by atoms with Crippen LogP contribution >= 0.6 is 34.2 Å². The molecule has 6 nitrogen and oxygen atoms in total. The number of anilines is 3. The fraction of sp³-hybridized carbons (Fsp3) is 0.333. The molecule has 28 heavy (non-hydrogen) atoms. The van der Waals surface area contributed by atoms with Crippen molar-refractivity contribution in [1.82, 2.24) is 0 Å². The van der Waals surface area contributed by atoms with E-state index in [0.717, 1.165) is 3.57 Å². The maximum absolute atomic E-state index is 14.2.